The van der Waals surface area contributed by atoms with Crippen LogP contribution in [0.4, 0.5) is 0 Å². The Morgan fingerprint density at radius 2 is 2.20 bits per heavy atom. The Hall–Kier alpha value is -1.11. The van der Waals surface area contributed by atoms with Crippen LogP contribution in [0.1, 0.15) is 16.1 Å². The van der Waals surface area contributed by atoms with Gasteiger partial charge in [0.15, 0.2) is 9.84 Å². The Labute approximate surface area is 125 Å². The summed E-state index contributed by atoms with van der Waals surface area (Å²) in [4.78, 5) is 12.7. The average Bonchev–Trinajstić information content (AvgIpc) is 2.94. The second kappa shape index (κ2) is 5.02. The Morgan fingerprint density at radius 1 is 1.40 bits per heavy atom. The lowest BCUT2D eigenvalue weighted by Gasteiger charge is -2.08. The van der Waals surface area contributed by atoms with E-state index < -0.39 is 9.84 Å². The van der Waals surface area contributed by atoms with Gasteiger partial charge in [0.1, 0.15) is 0 Å². The molecule has 4 nitrogen and oxygen atoms in total. The summed E-state index contributed by atoms with van der Waals surface area (Å²) in [5, 5.41) is 4.32. The molecule has 1 atom stereocenters. The van der Waals surface area contributed by atoms with Gasteiger partial charge in [-0.15, -0.1) is 11.3 Å². The first-order valence-corrected chi connectivity index (χ1v) is 9.15. The highest BCUT2D eigenvalue weighted by Gasteiger charge is 2.29. The number of sulfone groups is 1. The average molecular weight is 330 g/mol. The van der Waals surface area contributed by atoms with Crippen LogP contribution in [0.3, 0.4) is 0 Å². The van der Waals surface area contributed by atoms with E-state index >= 15 is 0 Å². The first-order chi connectivity index (χ1) is 9.44. The monoisotopic (exact) mass is 329 g/mol. The molecule has 2 heterocycles. The third-order valence-corrected chi connectivity index (χ3v) is 6.67. The van der Waals surface area contributed by atoms with Crippen molar-refractivity contribution >= 4 is 48.8 Å². The lowest BCUT2D eigenvalue weighted by Crippen LogP contribution is -2.35. The van der Waals surface area contributed by atoms with Gasteiger partial charge >= 0.3 is 0 Å². The minimum atomic E-state index is -2.99. The lowest BCUT2D eigenvalue weighted by molar-refractivity contribution is 0.0945. The molecule has 0 radical (unpaired) electrons. The van der Waals surface area contributed by atoms with Gasteiger partial charge in [-0.05, 0) is 23.9 Å². The largest absolute Gasteiger partial charge is 0.348 e. The van der Waals surface area contributed by atoms with Gasteiger partial charge in [-0.25, -0.2) is 8.42 Å². The highest BCUT2D eigenvalue weighted by Crippen LogP contribution is 2.31. The van der Waals surface area contributed by atoms with Crippen LogP contribution >= 0.6 is 22.9 Å². The molecule has 0 unspecified atom stereocenters. The van der Waals surface area contributed by atoms with E-state index in [0.29, 0.717) is 16.3 Å². The normalized spacial score (nSPS) is 21.1. The Kier molecular flexibility index (Phi) is 3.48. The minimum absolute atomic E-state index is 0.0321. The molecule has 106 valence electrons. The molecule has 7 heteroatoms. The number of hydrogen-bond donors (Lipinski definition) is 1. The summed E-state index contributed by atoms with van der Waals surface area (Å²) >= 11 is 7.40. The van der Waals surface area contributed by atoms with Crippen molar-refractivity contribution in [2.24, 2.45) is 0 Å². The quantitative estimate of drug-likeness (QED) is 0.920. The van der Waals surface area contributed by atoms with Crippen molar-refractivity contribution < 1.29 is 13.2 Å². The minimum Gasteiger partial charge on any atom is -0.348 e. The van der Waals surface area contributed by atoms with E-state index in [-0.39, 0.29) is 23.5 Å². The van der Waals surface area contributed by atoms with Gasteiger partial charge in [0.2, 0.25) is 0 Å². The third kappa shape index (κ3) is 2.68. The van der Waals surface area contributed by atoms with Crippen LogP contribution in [0.2, 0.25) is 5.02 Å². The second-order valence-electron chi connectivity index (χ2n) is 4.84. The highest BCUT2D eigenvalue weighted by atomic mass is 35.5. The Morgan fingerprint density at radius 3 is 2.85 bits per heavy atom. The van der Waals surface area contributed by atoms with Gasteiger partial charge in [0, 0.05) is 6.04 Å². The molecule has 1 aliphatic rings. The lowest BCUT2D eigenvalue weighted by atomic mass is 10.2. The summed E-state index contributed by atoms with van der Waals surface area (Å²) < 4.78 is 23.6. The maximum absolute atomic E-state index is 12.2. The predicted octanol–water partition coefficient (Wildman–Crippen LogP) is 2.47. The van der Waals surface area contributed by atoms with Crippen LogP contribution in [0.25, 0.3) is 10.1 Å². The number of carbonyl (C=O) groups is 1. The molecule has 1 aromatic heterocycles. The van der Waals surface area contributed by atoms with Crippen molar-refractivity contribution in [2.75, 3.05) is 11.5 Å². The number of benzene rings is 1. The molecular formula is C13H12ClNO3S2. The first kappa shape index (κ1) is 13.9. The molecule has 3 rings (SSSR count). The number of fused-ring (bicyclic) bond motifs is 1. The molecule has 20 heavy (non-hydrogen) atoms. The molecule has 0 aliphatic carbocycles. The van der Waals surface area contributed by atoms with Crippen LogP contribution in [0, 0.1) is 0 Å². The van der Waals surface area contributed by atoms with Crippen LogP contribution in [-0.4, -0.2) is 31.9 Å². The molecule has 2 aromatic rings. The highest BCUT2D eigenvalue weighted by molar-refractivity contribution is 7.91. The van der Waals surface area contributed by atoms with E-state index in [2.05, 4.69) is 5.32 Å². The van der Waals surface area contributed by atoms with Gasteiger partial charge in [-0.1, -0.05) is 23.7 Å². The summed E-state index contributed by atoms with van der Waals surface area (Å²) in [7, 11) is -2.99. The predicted molar refractivity (Wildman–Crippen MR) is 81.4 cm³/mol. The van der Waals surface area contributed by atoms with Crippen molar-refractivity contribution in [2.45, 2.75) is 12.5 Å². The fourth-order valence-electron chi connectivity index (χ4n) is 2.30. The molecule has 1 fully saturated rings. The number of rotatable bonds is 2. The number of carbonyl (C=O) groups excluding carboxylic acids is 1. The number of halogens is 1. The molecule has 1 aromatic carbocycles. The maximum Gasteiger partial charge on any atom is 0.261 e. The summed E-state index contributed by atoms with van der Waals surface area (Å²) in [6, 6.07) is 7.01. The zero-order valence-corrected chi connectivity index (χ0v) is 12.8. The first-order valence-electron chi connectivity index (χ1n) is 6.14. The summed E-state index contributed by atoms with van der Waals surface area (Å²) in [5.41, 5.74) is 0. The summed E-state index contributed by atoms with van der Waals surface area (Å²) in [5.74, 6) is -0.0509. The van der Waals surface area contributed by atoms with Crippen LogP contribution < -0.4 is 5.32 Å². The fourth-order valence-corrected chi connectivity index (χ4v) is 5.24. The van der Waals surface area contributed by atoms with Crippen LogP contribution in [0.5, 0.6) is 0 Å². The maximum atomic E-state index is 12.2. The zero-order chi connectivity index (χ0) is 14.3. The van der Waals surface area contributed by atoms with Gasteiger partial charge in [-0.3, -0.25) is 4.79 Å². The van der Waals surface area contributed by atoms with Crippen LogP contribution in [-0.2, 0) is 9.84 Å². The summed E-state index contributed by atoms with van der Waals surface area (Å²) in [6.07, 6.45) is 0.486. The van der Waals surface area contributed by atoms with Gasteiger partial charge in [0.25, 0.3) is 5.91 Å². The third-order valence-electron chi connectivity index (χ3n) is 3.29. The van der Waals surface area contributed by atoms with Gasteiger partial charge in [0.05, 0.1) is 26.1 Å². The van der Waals surface area contributed by atoms with Crippen molar-refractivity contribution in [3.05, 3.63) is 34.2 Å². The van der Waals surface area contributed by atoms with Crippen LogP contribution in [0.15, 0.2) is 24.3 Å². The summed E-state index contributed by atoms with van der Waals surface area (Å²) in [6.45, 7) is 0. The molecular weight excluding hydrogens is 318 g/mol. The van der Waals surface area contributed by atoms with Gasteiger partial charge in [-0.2, -0.15) is 0 Å². The fraction of sp³-hybridized carbons (Fsp3) is 0.308. The molecule has 0 bridgehead atoms. The number of hydrogen-bond acceptors (Lipinski definition) is 4. The van der Waals surface area contributed by atoms with Crippen molar-refractivity contribution in [3.63, 3.8) is 0 Å². The molecule has 1 aliphatic heterocycles. The molecule has 1 N–H and O–H groups in total. The smallest absolute Gasteiger partial charge is 0.261 e. The van der Waals surface area contributed by atoms with Crippen molar-refractivity contribution in [1.29, 1.82) is 0 Å². The SMILES string of the molecule is O=C(N[C@@H]1CCS(=O)(=O)C1)c1cc2cccc(Cl)c2s1. The topological polar surface area (TPSA) is 63.2 Å². The molecule has 1 amide bonds. The Balaban J connectivity index is 1.81. The van der Waals surface area contributed by atoms with E-state index in [4.69, 9.17) is 11.6 Å². The number of nitrogens with one attached hydrogen (secondary N) is 1. The van der Waals surface area contributed by atoms with E-state index in [0.717, 1.165) is 10.1 Å². The van der Waals surface area contributed by atoms with Crippen molar-refractivity contribution in [1.82, 2.24) is 5.32 Å². The molecule has 0 saturated carbocycles. The van der Waals surface area contributed by atoms with E-state index in [1.54, 1.807) is 12.1 Å². The van der Waals surface area contributed by atoms with E-state index in [9.17, 15) is 13.2 Å². The molecule has 0 spiro atoms. The standard InChI is InChI=1S/C13H12ClNO3S2/c14-10-3-1-2-8-6-11(19-12(8)10)13(16)15-9-4-5-20(17,18)7-9/h1-3,6,9H,4-5,7H2,(H,15,16)/t9-/m1/s1. The van der Waals surface area contributed by atoms with Crippen molar-refractivity contribution in [3.8, 4) is 0 Å². The van der Waals surface area contributed by atoms with E-state index in [1.807, 2.05) is 12.1 Å². The second-order valence-corrected chi connectivity index (χ2v) is 8.53. The Bertz CT molecular complexity index is 782. The van der Waals surface area contributed by atoms with Gasteiger partial charge < -0.3 is 5.32 Å². The number of amides is 1. The van der Waals surface area contributed by atoms with E-state index in [1.165, 1.54) is 11.3 Å². The number of thiophene rings is 1. The zero-order valence-electron chi connectivity index (χ0n) is 10.4. The molecule has 1 saturated heterocycles.